The maximum atomic E-state index is 4.01. The molecule has 0 heterocycles. The number of benzene rings is 1. The number of hydrogen-bond donors (Lipinski definition) is 0. The number of nitrogens with zero attached hydrogens (tertiary/aromatic N) is 1. The van der Waals surface area contributed by atoms with E-state index in [2.05, 4.69) is 86.5 Å². The summed E-state index contributed by atoms with van der Waals surface area (Å²) < 4.78 is 1.02. The quantitative estimate of drug-likeness (QED) is 0.586. The minimum absolute atomic E-state index is 0.347. The first-order valence-corrected chi connectivity index (χ1v) is 8.37. The molecule has 0 saturated carbocycles. The molecule has 0 fully saturated rings. The molecule has 1 aromatic carbocycles. The molecular formula is C21H36N+. The molecule has 0 saturated heterocycles. The molecule has 124 valence electrons. The summed E-state index contributed by atoms with van der Waals surface area (Å²) in [5.41, 5.74) is 4.50. The first kappa shape index (κ1) is 19.0. The molecule has 22 heavy (non-hydrogen) atoms. The van der Waals surface area contributed by atoms with Crippen LogP contribution in [0.4, 0.5) is 0 Å². The zero-order valence-electron chi connectivity index (χ0n) is 16.1. The van der Waals surface area contributed by atoms with Gasteiger partial charge < -0.3 is 4.48 Å². The Hall–Kier alpha value is -1.08. The van der Waals surface area contributed by atoms with E-state index in [0.29, 0.717) is 10.8 Å². The van der Waals surface area contributed by atoms with Crippen LogP contribution in [0.1, 0.15) is 59.1 Å². The lowest BCUT2D eigenvalue weighted by Crippen LogP contribution is -2.46. The fourth-order valence-corrected chi connectivity index (χ4v) is 4.10. The van der Waals surface area contributed by atoms with Crippen molar-refractivity contribution in [1.29, 1.82) is 0 Å². The third-order valence-corrected chi connectivity index (χ3v) is 3.92. The minimum Gasteiger partial charge on any atom is -0.324 e. The molecule has 0 radical (unpaired) electrons. The number of hydrogen-bond acceptors (Lipinski definition) is 0. The van der Waals surface area contributed by atoms with Gasteiger partial charge in [-0.3, -0.25) is 0 Å². The zero-order chi connectivity index (χ0) is 17.2. The smallest absolute Gasteiger partial charge is 0.104 e. The highest BCUT2D eigenvalue weighted by atomic mass is 15.3. The van der Waals surface area contributed by atoms with Crippen molar-refractivity contribution in [2.75, 3.05) is 20.6 Å². The minimum atomic E-state index is 0.347. The van der Waals surface area contributed by atoms with Crippen LogP contribution in [0, 0.1) is 10.8 Å². The molecule has 0 aliphatic rings. The Morgan fingerprint density at radius 1 is 1.00 bits per heavy atom. The molecule has 0 aliphatic heterocycles. The second-order valence-electron chi connectivity index (χ2n) is 9.63. The standard InChI is InChI=1S/C21H36N/c1-17(2)19-12-10-18(11-13-19)14-22(8,9)16-21(6,7)15-20(3,4)5/h10-13H,1,14-16H2,2-9H3/q+1. The van der Waals surface area contributed by atoms with Gasteiger partial charge >= 0.3 is 0 Å². The Morgan fingerprint density at radius 2 is 1.50 bits per heavy atom. The van der Waals surface area contributed by atoms with Crippen LogP contribution < -0.4 is 0 Å². The van der Waals surface area contributed by atoms with Gasteiger partial charge in [0.2, 0.25) is 0 Å². The van der Waals surface area contributed by atoms with Gasteiger partial charge in [0.1, 0.15) is 6.54 Å². The van der Waals surface area contributed by atoms with Crippen molar-refractivity contribution in [1.82, 2.24) is 0 Å². The van der Waals surface area contributed by atoms with Gasteiger partial charge in [-0.05, 0) is 24.3 Å². The lowest BCUT2D eigenvalue weighted by Gasteiger charge is -2.40. The summed E-state index contributed by atoms with van der Waals surface area (Å²) in [5.74, 6) is 0. The zero-order valence-corrected chi connectivity index (χ0v) is 16.1. The third kappa shape index (κ3) is 6.79. The van der Waals surface area contributed by atoms with Gasteiger partial charge in [-0.15, -0.1) is 0 Å². The third-order valence-electron chi connectivity index (χ3n) is 3.92. The highest BCUT2D eigenvalue weighted by Crippen LogP contribution is 2.35. The Bertz CT molecular complexity index is 498. The molecule has 0 unspecified atom stereocenters. The number of allylic oxidation sites excluding steroid dienone is 1. The summed E-state index contributed by atoms with van der Waals surface area (Å²) in [6.45, 7) is 20.2. The molecule has 0 bridgehead atoms. The Labute approximate surface area is 138 Å². The van der Waals surface area contributed by atoms with E-state index < -0.39 is 0 Å². The van der Waals surface area contributed by atoms with Crippen LogP contribution in [0.5, 0.6) is 0 Å². The molecule has 1 aromatic rings. The van der Waals surface area contributed by atoms with Crippen molar-refractivity contribution >= 4 is 5.57 Å². The summed E-state index contributed by atoms with van der Waals surface area (Å²) >= 11 is 0. The van der Waals surface area contributed by atoms with Gasteiger partial charge in [-0.2, -0.15) is 0 Å². The van der Waals surface area contributed by atoms with Crippen LogP contribution in [-0.4, -0.2) is 25.1 Å². The normalized spacial score (nSPS) is 13.3. The first-order valence-electron chi connectivity index (χ1n) is 8.37. The fourth-order valence-electron chi connectivity index (χ4n) is 4.10. The maximum Gasteiger partial charge on any atom is 0.104 e. The average Bonchev–Trinajstić information content (AvgIpc) is 2.23. The predicted octanol–water partition coefficient (Wildman–Crippen LogP) is 5.76. The Kier molecular flexibility index (Phi) is 5.67. The largest absolute Gasteiger partial charge is 0.324 e. The molecule has 0 aromatic heterocycles. The Balaban J connectivity index is 2.76. The molecular weight excluding hydrogens is 266 g/mol. The van der Waals surface area contributed by atoms with Crippen molar-refractivity contribution in [3.63, 3.8) is 0 Å². The predicted molar refractivity (Wildman–Crippen MR) is 99.7 cm³/mol. The van der Waals surface area contributed by atoms with Gasteiger partial charge in [-0.1, -0.05) is 71.0 Å². The molecule has 1 nitrogen and oxygen atoms in total. The highest BCUT2D eigenvalue weighted by Gasteiger charge is 2.32. The van der Waals surface area contributed by atoms with Crippen molar-refractivity contribution in [2.45, 2.75) is 54.5 Å². The van der Waals surface area contributed by atoms with Crippen LogP contribution >= 0.6 is 0 Å². The van der Waals surface area contributed by atoms with E-state index in [1.165, 1.54) is 24.1 Å². The lowest BCUT2D eigenvalue weighted by atomic mass is 9.75. The molecule has 0 spiro atoms. The summed E-state index contributed by atoms with van der Waals surface area (Å²) in [6, 6.07) is 8.89. The van der Waals surface area contributed by atoms with Crippen LogP contribution in [0.25, 0.3) is 5.57 Å². The van der Waals surface area contributed by atoms with Crippen molar-refractivity contribution in [3.8, 4) is 0 Å². The van der Waals surface area contributed by atoms with Gasteiger partial charge in [0.15, 0.2) is 0 Å². The second kappa shape index (κ2) is 6.58. The molecule has 1 rings (SSSR count). The molecule has 0 aliphatic carbocycles. The first-order chi connectivity index (χ1) is 9.80. The molecule has 1 heteroatoms. The van der Waals surface area contributed by atoms with Gasteiger partial charge in [-0.25, -0.2) is 0 Å². The van der Waals surface area contributed by atoms with Crippen molar-refractivity contribution < 1.29 is 4.48 Å². The van der Waals surface area contributed by atoms with Gasteiger partial charge in [0.25, 0.3) is 0 Å². The summed E-state index contributed by atoms with van der Waals surface area (Å²) in [7, 11) is 4.69. The maximum absolute atomic E-state index is 4.01. The van der Waals surface area contributed by atoms with E-state index in [1.807, 2.05) is 0 Å². The van der Waals surface area contributed by atoms with E-state index >= 15 is 0 Å². The van der Waals surface area contributed by atoms with Gasteiger partial charge in [0, 0.05) is 11.0 Å². The van der Waals surface area contributed by atoms with Crippen LogP contribution in [0.2, 0.25) is 0 Å². The van der Waals surface area contributed by atoms with E-state index in [4.69, 9.17) is 0 Å². The van der Waals surface area contributed by atoms with E-state index in [9.17, 15) is 0 Å². The highest BCUT2D eigenvalue weighted by molar-refractivity contribution is 5.61. The number of quaternary nitrogens is 1. The molecule has 0 amide bonds. The summed E-state index contributed by atoms with van der Waals surface area (Å²) in [6.07, 6.45) is 1.25. The van der Waals surface area contributed by atoms with Crippen molar-refractivity contribution in [2.24, 2.45) is 10.8 Å². The second-order valence-corrected chi connectivity index (χ2v) is 9.63. The molecule has 0 atom stereocenters. The average molecular weight is 303 g/mol. The SMILES string of the molecule is C=C(C)c1ccc(C[N+](C)(C)CC(C)(C)CC(C)(C)C)cc1. The monoisotopic (exact) mass is 302 g/mol. The fraction of sp³-hybridized carbons (Fsp3) is 0.619. The van der Waals surface area contributed by atoms with Gasteiger partial charge in [0.05, 0.1) is 20.6 Å². The summed E-state index contributed by atoms with van der Waals surface area (Å²) in [5, 5.41) is 0. The topological polar surface area (TPSA) is 0 Å². The van der Waals surface area contributed by atoms with E-state index in [-0.39, 0.29) is 0 Å². The summed E-state index contributed by atoms with van der Waals surface area (Å²) in [4.78, 5) is 0. The lowest BCUT2D eigenvalue weighted by molar-refractivity contribution is -0.909. The molecule has 0 N–H and O–H groups in total. The van der Waals surface area contributed by atoms with Crippen LogP contribution in [0.3, 0.4) is 0 Å². The van der Waals surface area contributed by atoms with Crippen molar-refractivity contribution in [3.05, 3.63) is 42.0 Å². The van der Waals surface area contributed by atoms with E-state index in [0.717, 1.165) is 16.6 Å². The van der Waals surface area contributed by atoms with E-state index in [1.54, 1.807) is 0 Å². The number of rotatable bonds is 6. The van der Waals surface area contributed by atoms with Crippen LogP contribution in [0.15, 0.2) is 30.8 Å². The van der Waals surface area contributed by atoms with Crippen LogP contribution in [-0.2, 0) is 6.54 Å². The Morgan fingerprint density at radius 3 is 1.91 bits per heavy atom.